The van der Waals surface area contributed by atoms with E-state index >= 15 is 0 Å². The van der Waals surface area contributed by atoms with Crippen molar-refractivity contribution in [3.8, 4) is 0 Å². The van der Waals surface area contributed by atoms with E-state index in [1.807, 2.05) is 31.2 Å². The molecule has 0 N–H and O–H groups in total. The Morgan fingerprint density at radius 3 is 2.57 bits per heavy atom. The highest BCUT2D eigenvalue weighted by Crippen LogP contribution is 2.19. The molecule has 1 aliphatic heterocycles. The first kappa shape index (κ1) is 19.9. The van der Waals surface area contributed by atoms with Crippen LogP contribution in [0.4, 0.5) is 0 Å². The molecule has 1 amide bonds. The summed E-state index contributed by atoms with van der Waals surface area (Å²) in [7, 11) is 0. The number of piperidine rings is 1. The van der Waals surface area contributed by atoms with Gasteiger partial charge < -0.3 is 18.9 Å². The molecule has 0 saturated carbocycles. The summed E-state index contributed by atoms with van der Waals surface area (Å²) in [6.45, 7) is 4.60. The number of aryl methyl sites for hydroxylation is 1. The van der Waals surface area contributed by atoms with Crippen LogP contribution < -0.4 is 0 Å². The van der Waals surface area contributed by atoms with Crippen LogP contribution in [0.3, 0.4) is 0 Å². The molecule has 8 nitrogen and oxygen atoms in total. The molecule has 0 bridgehead atoms. The topological polar surface area (TPSA) is 90.7 Å². The molecule has 8 heteroatoms. The fraction of sp³-hybridized carbons (Fsp3) is 0.500. The minimum Gasteiger partial charge on any atom is -0.466 e. The maximum atomic E-state index is 12.3. The summed E-state index contributed by atoms with van der Waals surface area (Å²) < 4.78 is 12.0. The molecule has 150 valence electrons. The Labute approximate surface area is 163 Å². The lowest BCUT2D eigenvalue weighted by molar-refractivity contribution is -0.155. The van der Waals surface area contributed by atoms with Crippen LogP contribution >= 0.6 is 0 Å². The molecule has 2 heterocycles. The van der Waals surface area contributed by atoms with Crippen LogP contribution in [0.5, 0.6) is 0 Å². The van der Waals surface area contributed by atoms with Gasteiger partial charge in [-0.25, -0.2) is 4.98 Å². The number of likely N-dealkylation sites (tertiary alicyclic amines) is 1. The van der Waals surface area contributed by atoms with Crippen LogP contribution in [0.1, 0.15) is 25.6 Å². The number of para-hydroxylation sites is 2. The van der Waals surface area contributed by atoms with Gasteiger partial charge in [0, 0.05) is 13.1 Å². The van der Waals surface area contributed by atoms with Crippen LogP contribution in [0.25, 0.3) is 11.0 Å². The van der Waals surface area contributed by atoms with E-state index in [9.17, 15) is 14.4 Å². The summed E-state index contributed by atoms with van der Waals surface area (Å²) in [6.07, 6.45) is 1.14. The number of carbonyl (C=O) groups is 3. The van der Waals surface area contributed by atoms with E-state index < -0.39 is 5.97 Å². The van der Waals surface area contributed by atoms with Crippen LogP contribution in [-0.2, 0) is 30.4 Å². The first-order valence-electron chi connectivity index (χ1n) is 9.51. The van der Waals surface area contributed by atoms with Gasteiger partial charge in [-0.1, -0.05) is 12.1 Å². The van der Waals surface area contributed by atoms with E-state index in [-0.39, 0.29) is 30.9 Å². The average Bonchev–Trinajstić information content (AvgIpc) is 3.01. The van der Waals surface area contributed by atoms with Crippen LogP contribution in [0, 0.1) is 12.8 Å². The Morgan fingerprint density at radius 1 is 1.14 bits per heavy atom. The molecule has 1 aliphatic rings. The van der Waals surface area contributed by atoms with E-state index in [1.165, 1.54) is 0 Å². The number of amides is 1. The predicted octanol–water partition coefficient (Wildman–Crippen LogP) is 1.69. The molecule has 0 aliphatic carbocycles. The number of rotatable bonds is 6. The highest BCUT2D eigenvalue weighted by molar-refractivity contribution is 5.82. The van der Waals surface area contributed by atoms with E-state index in [2.05, 4.69) is 4.98 Å². The van der Waals surface area contributed by atoms with Crippen molar-refractivity contribution in [1.29, 1.82) is 0 Å². The van der Waals surface area contributed by atoms with Crippen molar-refractivity contribution in [3.05, 3.63) is 30.1 Å². The zero-order valence-corrected chi connectivity index (χ0v) is 16.2. The maximum Gasteiger partial charge on any atom is 0.326 e. The molecule has 3 rings (SSSR count). The van der Waals surface area contributed by atoms with Gasteiger partial charge in [-0.3, -0.25) is 14.4 Å². The number of nitrogens with zero attached hydrogens (tertiary/aromatic N) is 3. The van der Waals surface area contributed by atoms with Gasteiger partial charge in [0.25, 0.3) is 5.91 Å². The van der Waals surface area contributed by atoms with Crippen molar-refractivity contribution in [2.24, 2.45) is 5.92 Å². The highest BCUT2D eigenvalue weighted by Gasteiger charge is 2.28. The first-order valence-corrected chi connectivity index (χ1v) is 9.51. The molecule has 1 aromatic heterocycles. The monoisotopic (exact) mass is 387 g/mol. The van der Waals surface area contributed by atoms with Crippen molar-refractivity contribution in [2.75, 3.05) is 26.3 Å². The van der Waals surface area contributed by atoms with E-state index in [1.54, 1.807) is 16.4 Å². The lowest BCUT2D eigenvalue weighted by Gasteiger charge is -2.30. The molecule has 1 aromatic carbocycles. The van der Waals surface area contributed by atoms with Crippen molar-refractivity contribution in [1.82, 2.24) is 14.5 Å². The SMILES string of the molecule is CCOC(=O)C1CCN(C(=O)COC(=O)Cn2c(C)nc3ccccc32)CC1. The Kier molecular flexibility index (Phi) is 6.28. The number of fused-ring (bicyclic) bond motifs is 1. The van der Waals surface area contributed by atoms with Gasteiger partial charge in [0.1, 0.15) is 12.4 Å². The Bertz CT molecular complexity index is 868. The number of ether oxygens (including phenoxy) is 2. The van der Waals surface area contributed by atoms with Gasteiger partial charge in [-0.2, -0.15) is 0 Å². The minimum absolute atomic E-state index is 0.00452. The molecule has 2 aromatic rings. The second-order valence-corrected chi connectivity index (χ2v) is 6.80. The number of hydrogen-bond donors (Lipinski definition) is 0. The summed E-state index contributed by atoms with van der Waals surface area (Å²) in [5.41, 5.74) is 1.66. The number of aromatic nitrogens is 2. The lowest BCUT2D eigenvalue weighted by Crippen LogP contribution is -2.42. The molecular weight excluding hydrogens is 362 g/mol. The van der Waals surface area contributed by atoms with Gasteiger partial charge >= 0.3 is 11.9 Å². The largest absolute Gasteiger partial charge is 0.466 e. The molecule has 0 unspecified atom stereocenters. The fourth-order valence-electron chi connectivity index (χ4n) is 3.43. The summed E-state index contributed by atoms with van der Waals surface area (Å²) in [4.78, 5) is 42.3. The zero-order chi connectivity index (χ0) is 20.1. The lowest BCUT2D eigenvalue weighted by atomic mass is 9.97. The number of carbonyl (C=O) groups excluding carboxylic acids is 3. The fourth-order valence-corrected chi connectivity index (χ4v) is 3.43. The van der Waals surface area contributed by atoms with Crippen LogP contribution in [0.15, 0.2) is 24.3 Å². The molecule has 0 radical (unpaired) electrons. The van der Waals surface area contributed by atoms with Crippen molar-refractivity contribution < 1.29 is 23.9 Å². The third-order valence-electron chi connectivity index (χ3n) is 4.96. The zero-order valence-electron chi connectivity index (χ0n) is 16.2. The quantitative estimate of drug-likeness (QED) is 0.701. The van der Waals surface area contributed by atoms with Crippen molar-refractivity contribution in [3.63, 3.8) is 0 Å². The summed E-state index contributed by atoms with van der Waals surface area (Å²) in [5.74, 6) is -0.387. The smallest absolute Gasteiger partial charge is 0.326 e. The van der Waals surface area contributed by atoms with Gasteiger partial charge in [0.2, 0.25) is 0 Å². The minimum atomic E-state index is -0.485. The first-order chi connectivity index (χ1) is 13.5. The van der Waals surface area contributed by atoms with E-state index in [4.69, 9.17) is 9.47 Å². The predicted molar refractivity (Wildman–Crippen MR) is 101 cm³/mol. The summed E-state index contributed by atoms with van der Waals surface area (Å²) in [5, 5.41) is 0. The van der Waals surface area contributed by atoms with E-state index in [0.29, 0.717) is 38.4 Å². The third kappa shape index (κ3) is 4.49. The Balaban J connectivity index is 1.48. The standard InChI is InChI=1S/C20H25N3O5/c1-3-27-20(26)15-8-10-22(11-9-15)18(24)13-28-19(25)12-23-14(2)21-16-6-4-5-7-17(16)23/h4-7,15H,3,8-13H2,1-2H3. The molecule has 0 spiro atoms. The normalized spacial score (nSPS) is 14.9. The van der Waals surface area contributed by atoms with Crippen LogP contribution in [-0.4, -0.2) is 58.6 Å². The second kappa shape index (κ2) is 8.86. The van der Waals surface area contributed by atoms with Crippen molar-refractivity contribution in [2.45, 2.75) is 33.2 Å². The number of benzene rings is 1. The molecule has 1 fully saturated rings. The third-order valence-corrected chi connectivity index (χ3v) is 4.96. The molecular formula is C20H25N3O5. The summed E-state index contributed by atoms with van der Waals surface area (Å²) in [6, 6.07) is 7.55. The average molecular weight is 387 g/mol. The Morgan fingerprint density at radius 2 is 1.86 bits per heavy atom. The van der Waals surface area contributed by atoms with E-state index in [0.717, 1.165) is 11.0 Å². The number of hydrogen-bond acceptors (Lipinski definition) is 6. The molecule has 28 heavy (non-hydrogen) atoms. The highest BCUT2D eigenvalue weighted by atomic mass is 16.5. The Hall–Kier alpha value is -2.90. The number of esters is 2. The number of imidazole rings is 1. The second-order valence-electron chi connectivity index (χ2n) is 6.80. The molecule has 1 saturated heterocycles. The maximum absolute atomic E-state index is 12.3. The van der Waals surface area contributed by atoms with Gasteiger partial charge in [0.05, 0.1) is 23.6 Å². The van der Waals surface area contributed by atoms with Gasteiger partial charge in [-0.05, 0) is 38.8 Å². The molecule has 0 atom stereocenters. The van der Waals surface area contributed by atoms with Crippen molar-refractivity contribution >= 4 is 28.9 Å². The summed E-state index contributed by atoms with van der Waals surface area (Å²) >= 11 is 0. The van der Waals surface area contributed by atoms with Crippen LogP contribution in [0.2, 0.25) is 0 Å². The van der Waals surface area contributed by atoms with Gasteiger partial charge in [-0.15, -0.1) is 0 Å². The van der Waals surface area contributed by atoms with Gasteiger partial charge in [0.15, 0.2) is 6.61 Å².